The minimum atomic E-state index is 0.0408. The number of carbonyl (C=O) groups excluding carboxylic acids is 1. The van der Waals surface area contributed by atoms with Crippen molar-refractivity contribution in [3.05, 3.63) is 11.7 Å². The summed E-state index contributed by atoms with van der Waals surface area (Å²) in [6.07, 6.45) is 4.55. The van der Waals surface area contributed by atoms with Crippen LogP contribution in [0.5, 0.6) is 0 Å². The van der Waals surface area contributed by atoms with Crippen molar-refractivity contribution in [2.24, 2.45) is 5.41 Å². The summed E-state index contributed by atoms with van der Waals surface area (Å²) >= 11 is 0. The Bertz CT molecular complexity index is 522. The van der Waals surface area contributed by atoms with Gasteiger partial charge < -0.3 is 14.2 Å². The van der Waals surface area contributed by atoms with Crippen molar-refractivity contribution in [1.82, 2.24) is 15.0 Å². The molecule has 0 unspecified atom stereocenters. The Balaban J connectivity index is 1.80. The molecule has 0 aromatic carbocycles. The van der Waals surface area contributed by atoms with Crippen LogP contribution in [0.1, 0.15) is 56.7 Å². The van der Waals surface area contributed by atoms with Gasteiger partial charge in [-0.3, -0.25) is 4.79 Å². The second-order valence-corrected chi connectivity index (χ2v) is 6.58. The van der Waals surface area contributed by atoms with E-state index in [1.807, 2.05) is 11.8 Å². The molecule has 3 rings (SSSR count). The fraction of sp³-hybridized carbons (Fsp3) is 0.812. The molecule has 1 aromatic rings. The number of aromatic nitrogens is 2. The lowest BCUT2D eigenvalue weighted by Gasteiger charge is -2.36. The summed E-state index contributed by atoms with van der Waals surface area (Å²) in [6, 6.07) is 0. The molecule has 1 spiro atoms. The van der Waals surface area contributed by atoms with Crippen molar-refractivity contribution in [2.45, 2.75) is 51.9 Å². The smallest absolute Gasteiger partial charge is 0.232 e. The van der Waals surface area contributed by atoms with Gasteiger partial charge in [0.25, 0.3) is 0 Å². The number of rotatable bonds is 4. The summed E-state index contributed by atoms with van der Waals surface area (Å²) in [5.41, 5.74) is 0.0408. The van der Waals surface area contributed by atoms with Crippen molar-refractivity contribution >= 4 is 5.91 Å². The van der Waals surface area contributed by atoms with Crippen molar-refractivity contribution < 1.29 is 14.1 Å². The number of ether oxygens (including phenoxy) is 1. The van der Waals surface area contributed by atoms with Crippen LogP contribution in [0.25, 0.3) is 0 Å². The summed E-state index contributed by atoms with van der Waals surface area (Å²) in [6.45, 7) is 6.94. The average molecular weight is 307 g/mol. The van der Waals surface area contributed by atoms with E-state index in [1.165, 1.54) is 0 Å². The molecule has 6 heteroatoms. The van der Waals surface area contributed by atoms with Gasteiger partial charge in [0, 0.05) is 38.1 Å². The molecule has 0 N–H and O–H groups in total. The summed E-state index contributed by atoms with van der Waals surface area (Å²) in [7, 11) is 0. The highest BCUT2D eigenvalue weighted by Gasteiger charge is 2.51. The van der Waals surface area contributed by atoms with Gasteiger partial charge in [0.05, 0.1) is 5.92 Å². The van der Waals surface area contributed by atoms with Crippen LogP contribution < -0.4 is 0 Å². The van der Waals surface area contributed by atoms with Crippen molar-refractivity contribution in [2.75, 3.05) is 26.3 Å². The molecule has 0 aliphatic carbocycles. The van der Waals surface area contributed by atoms with Crippen LogP contribution in [0, 0.1) is 12.3 Å². The predicted octanol–water partition coefficient (Wildman–Crippen LogP) is 2.29. The SMILES string of the molecule is CCCCC(=O)N1C[C@@H](c2nc(C)no2)C2(CCOCC2)C1. The van der Waals surface area contributed by atoms with E-state index in [2.05, 4.69) is 17.1 Å². The molecule has 6 nitrogen and oxygen atoms in total. The molecule has 2 fully saturated rings. The molecule has 2 aliphatic rings. The highest BCUT2D eigenvalue weighted by atomic mass is 16.5. The van der Waals surface area contributed by atoms with Crippen LogP contribution in [0.3, 0.4) is 0 Å². The average Bonchev–Trinajstić information content (AvgIpc) is 3.10. The molecule has 22 heavy (non-hydrogen) atoms. The fourth-order valence-corrected chi connectivity index (χ4v) is 3.72. The molecule has 1 atom stereocenters. The van der Waals surface area contributed by atoms with Gasteiger partial charge in [-0.1, -0.05) is 18.5 Å². The van der Waals surface area contributed by atoms with Crippen LogP contribution in [0.4, 0.5) is 0 Å². The van der Waals surface area contributed by atoms with E-state index in [0.717, 1.165) is 45.4 Å². The normalized spacial score (nSPS) is 24.1. The van der Waals surface area contributed by atoms with Crippen LogP contribution in [-0.2, 0) is 9.53 Å². The van der Waals surface area contributed by atoms with Crippen LogP contribution >= 0.6 is 0 Å². The zero-order valence-electron chi connectivity index (χ0n) is 13.5. The van der Waals surface area contributed by atoms with E-state index >= 15 is 0 Å². The third kappa shape index (κ3) is 2.89. The molecule has 1 amide bonds. The number of unbranched alkanes of at least 4 members (excludes halogenated alkanes) is 1. The van der Waals surface area contributed by atoms with Crippen LogP contribution in [0.2, 0.25) is 0 Å². The Hall–Kier alpha value is -1.43. The van der Waals surface area contributed by atoms with Gasteiger partial charge in [-0.2, -0.15) is 4.98 Å². The van der Waals surface area contributed by atoms with Gasteiger partial charge in [-0.05, 0) is 26.2 Å². The molecule has 0 radical (unpaired) electrons. The zero-order chi connectivity index (χ0) is 15.6. The second kappa shape index (κ2) is 6.36. The first kappa shape index (κ1) is 15.5. The lowest BCUT2D eigenvalue weighted by Crippen LogP contribution is -2.37. The Kier molecular flexibility index (Phi) is 4.47. The summed E-state index contributed by atoms with van der Waals surface area (Å²) in [5.74, 6) is 1.74. The van der Waals surface area contributed by atoms with Gasteiger partial charge in [0.2, 0.25) is 11.8 Å². The first-order valence-electron chi connectivity index (χ1n) is 8.30. The van der Waals surface area contributed by atoms with E-state index < -0.39 is 0 Å². The predicted molar refractivity (Wildman–Crippen MR) is 80.4 cm³/mol. The number of carbonyl (C=O) groups is 1. The molecule has 2 aliphatic heterocycles. The molecule has 1 aromatic heterocycles. The molecule has 0 saturated carbocycles. The monoisotopic (exact) mass is 307 g/mol. The topological polar surface area (TPSA) is 68.5 Å². The molecule has 3 heterocycles. The van der Waals surface area contributed by atoms with Crippen molar-refractivity contribution in [3.8, 4) is 0 Å². The highest BCUT2D eigenvalue weighted by Crippen LogP contribution is 2.49. The van der Waals surface area contributed by atoms with Crippen LogP contribution in [-0.4, -0.2) is 47.3 Å². The van der Waals surface area contributed by atoms with Gasteiger partial charge in [0.1, 0.15) is 0 Å². The van der Waals surface area contributed by atoms with E-state index in [1.54, 1.807) is 0 Å². The molecular weight excluding hydrogens is 282 g/mol. The minimum absolute atomic E-state index is 0.0408. The van der Waals surface area contributed by atoms with Crippen molar-refractivity contribution in [1.29, 1.82) is 0 Å². The number of hydrogen-bond acceptors (Lipinski definition) is 5. The highest BCUT2D eigenvalue weighted by molar-refractivity contribution is 5.76. The maximum atomic E-state index is 12.4. The third-order valence-corrected chi connectivity index (χ3v) is 5.07. The Labute approximate surface area is 131 Å². The quantitative estimate of drug-likeness (QED) is 0.853. The van der Waals surface area contributed by atoms with Crippen LogP contribution in [0.15, 0.2) is 4.52 Å². The number of likely N-dealkylation sites (tertiary alicyclic amines) is 1. The second-order valence-electron chi connectivity index (χ2n) is 6.58. The minimum Gasteiger partial charge on any atom is -0.381 e. The molecule has 0 bridgehead atoms. The first-order chi connectivity index (χ1) is 10.6. The van der Waals surface area contributed by atoms with E-state index in [0.29, 0.717) is 24.7 Å². The number of hydrogen-bond donors (Lipinski definition) is 0. The lowest BCUT2D eigenvalue weighted by molar-refractivity contribution is -0.131. The Morgan fingerprint density at radius 1 is 1.41 bits per heavy atom. The van der Waals surface area contributed by atoms with E-state index in [4.69, 9.17) is 9.26 Å². The summed E-state index contributed by atoms with van der Waals surface area (Å²) in [4.78, 5) is 18.9. The number of amides is 1. The maximum Gasteiger partial charge on any atom is 0.232 e. The number of nitrogens with zero attached hydrogens (tertiary/aromatic N) is 3. The molecule has 2 saturated heterocycles. The Morgan fingerprint density at radius 2 is 2.18 bits per heavy atom. The van der Waals surface area contributed by atoms with Gasteiger partial charge in [-0.15, -0.1) is 0 Å². The number of aryl methyl sites for hydroxylation is 1. The maximum absolute atomic E-state index is 12.4. The van der Waals surface area contributed by atoms with E-state index in [-0.39, 0.29) is 17.2 Å². The van der Waals surface area contributed by atoms with Gasteiger partial charge in [0.15, 0.2) is 5.82 Å². The Morgan fingerprint density at radius 3 is 2.82 bits per heavy atom. The largest absolute Gasteiger partial charge is 0.381 e. The molecular formula is C16H25N3O3. The fourth-order valence-electron chi connectivity index (χ4n) is 3.72. The third-order valence-electron chi connectivity index (χ3n) is 5.07. The standard InChI is InChI=1S/C16H25N3O3/c1-3-4-5-14(20)19-10-13(15-17-12(2)18-22-15)16(11-19)6-8-21-9-7-16/h13H,3-11H2,1-2H3/t13-/m0/s1. The first-order valence-corrected chi connectivity index (χ1v) is 8.30. The summed E-state index contributed by atoms with van der Waals surface area (Å²) in [5, 5.41) is 3.94. The van der Waals surface area contributed by atoms with Gasteiger partial charge >= 0.3 is 0 Å². The van der Waals surface area contributed by atoms with Gasteiger partial charge in [-0.25, -0.2) is 0 Å². The summed E-state index contributed by atoms with van der Waals surface area (Å²) < 4.78 is 11.0. The zero-order valence-corrected chi connectivity index (χ0v) is 13.5. The lowest BCUT2D eigenvalue weighted by atomic mass is 9.72. The molecule has 122 valence electrons. The van der Waals surface area contributed by atoms with E-state index in [9.17, 15) is 4.79 Å². The van der Waals surface area contributed by atoms with Crippen molar-refractivity contribution in [3.63, 3.8) is 0 Å².